The van der Waals surface area contributed by atoms with Crippen molar-refractivity contribution >= 4 is 15.9 Å². The highest BCUT2D eigenvalue weighted by molar-refractivity contribution is 7.89. The summed E-state index contributed by atoms with van der Waals surface area (Å²) in [6.45, 7) is 8.84. The Morgan fingerprint density at radius 1 is 1.16 bits per heavy atom. The van der Waals surface area contributed by atoms with Crippen molar-refractivity contribution < 1.29 is 13.2 Å². The summed E-state index contributed by atoms with van der Waals surface area (Å²) in [6, 6.07) is 0. The van der Waals surface area contributed by atoms with Crippen LogP contribution in [-0.2, 0) is 14.8 Å². The van der Waals surface area contributed by atoms with Crippen molar-refractivity contribution in [2.24, 2.45) is 5.92 Å². The van der Waals surface area contributed by atoms with Crippen molar-refractivity contribution in [3.05, 3.63) is 0 Å². The number of hydrogen-bond acceptors (Lipinski definition) is 5. The molecule has 1 atom stereocenters. The molecule has 2 fully saturated rings. The molecule has 0 spiro atoms. The van der Waals surface area contributed by atoms with E-state index in [0.29, 0.717) is 26.1 Å². The van der Waals surface area contributed by atoms with Crippen LogP contribution in [0.3, 0.4) is 0 Å². The van der Waals surface area contributed by atoms with Crippen LogP contribution in [-0.4, -0.2) is 93.6 Å². The minimum Gasteiger partial charge on any atom is -0.356 e. The summed E-state index contributed by atoms with van der Waals surface area (Å²) < 4.78 is 25.9. The van der Waals surface area contributed by atoms with Gasteiger partial charge in [0.25, 0.3) is 0 Å². The molecule has 0 aromatic heterocycles. The number of piperazine rings is 1. The third-order valence-electron chi connectivity index (χ3n) is 5.16. The second-order valence-corrected chi connectivity index (χ2v) is 9.39. The van der Waals surface area contributed by atoms with Crippen LogP contribution in [0.15, 0.2) is 0 Å². The first-order valence-electron chi connectivity index (χ1n) is 9.59. The van der Waals surface area contributed by atoms with Crippen LogP contribution in [0.2, 0.25) is 0 Å². The van der Waals surface area contributed by atoms with Gasteiger partial charge >= 0.3 is 0 Å². The summed E-state index contributed by atoms with van der Waals surface area (Å²) >= 11 is 0. The topological polar surface area (TPSA) is 73.0 Å². The van der Waals surface area contributed by atoms with E-state index in [1.165, 1.54) is 4.31 Å². The largest absolute Gasteiger partial charge is 0.356 e. The Morgan fingerprint density at radius 2 is 1.88 bits per heavy atom. The summed E-state index contributed by atoms with van der Waals surface area (Å²) in [5, 5.41) is 3.01. The average Bonchev–Trinajstić information content (AvgIpc) is 2.60. The minimum atomic E-state index is -3.20. The summed E-state index contributed by atoms with van der Waals surface area (Å²) in [5.41, 5.74) is 0. The Bertz CT molecular complexity index is 518. The van der Waals surface area contributed by atoms with E-state index in [1.807, 2.05) is 6.92 Å². The fraction of sp³-hybridized carbons (Fsp3) is 0.941. The van der Waals surface area contributed by atoms with E-state index >= 15 is 0 Å². The smallest absolute Gasteiger partial charge is 0.224 e. The molecule has 2 rings (SSSR count). The second kappa shape index (κ2) is 9.85. The third-order valence-corrected chi connectivity index (χ3v) is 7.20. The van der Waals surface area contributed by atoms with E-state index in [4.69, 9.17) is 0 Å². The van der Waals surface area contributed by atoms with Gasteiger partial charge in [-0.25, -0.2) is 12.7 Å². The molecule has 2 aliphatic rings. The van der Waals surface area contributed by atoms with Gasteiger partial charge in [-0.2, -0.15) is 0 Å². The summed E-state index contributed by atoms with van der Waals surface area (Å²) in [7, 11) is -1.06. The monoisotopic (exact) mass is 374 g/mol. The summed E-state index contributed by atoms with van der Waals surface area (Å²) in [6.07, 6.45) is 3.10. The number of piperidine rings is 1. The van der Waals surface area contributed by atoms with Gasteiger partial charge in [0.2, 0.25) is 15.9 Å². The standard InChI is InChI=1S/C17H34N4O3S/c1-3-14-25(23,24)21-9-4-6-16(15-21)17(22)18-7-5-8-20-12-10-19(2)11-13-20/h16H,3-15H2,1-2H3,(H,18,22). The van der Waals surface area contributed by atoms with Crippen molar-refractivity contribution in [2.75, 3.05) is 65.2 Å². The highest BCUT2D eigenvalue weighted by Gasteiger charge is 2.31. The number of nitrogens with one attached hydrogen (secondary N) is 1. The Morgan fingerprint density at radius 3 is 2.56 bits per heavy atom. The van der Waals surface area contributed by atoms with Gasteiger partial charge in [-0.05, 0) is 39.3 Å². The minimum absolute atomic E-state index is 0.00905. The fourth-order valence-electron chi connectivity index (χ4n) is 3.53. The van der Waals surface area contributed by atoms with Gasteiger partial charge < -0.3 is 15.1 Å². The van der Waals surface area contributed by atoms with Gasteiger partial charge in [0.15, 0.2) is 0 Å². The van der Waals surface area contributed by atoms with Crippen molar-refractivity contribution in [1.82, 2.24) is 19.4 Å². The second-order valence-electron chi connectivity index (χ2n) is 7.30. The van der Waals surface area contributed by atoms with Gasteiger partial charge in [0.1, 0.15) is 0 Å². The van der Waals surface area contributed by atoms with Gasteiger partial charge in [-0.3, -0.25) is 4.79 Å². The lowest BCUT2D eigenvalue weighted by Crippen LogP contribution is -2.47. The number of nitrogens with zero attached hydrogens (tertiary/aromatic N) is 3. The number of carbonyl (C=O) groups excluding carboxylic acids is 1. The summed E-state index contributed by atoms with van der Waals surface area (Å²) in [4.78, 5) is 17.1. The average molecular weight is 375 g/mol. The molecule has 2 saturated heterocycles. The SMILES string of the molecule is CCCS(=O)(=O)N1CCCC(C(=O)NCCCN2CCN(C)CC2)C1. The zero-order valence-electron chi connectivity index (χ0n) is 15.7. The highest BCUT2D eigenvalue weighted by atomic mass is 32.2. The first kappa shape index (κ1) is 20.6. The number of amides is 1. The maximum atomic E-state index is 12.4. The molecule has 0 aromatic rings. The molecule has 8 heteroatoms. The maximum absolute atomic E-state index is 12.4. The molecule has 1 amide bonds. The lowest BCUT2D eigenvalue weighted by atomic mass is 9.99. The number of rotatable bonds is 8. The molecule has 0 bridgehead atoms. The van der Waals surface area contributed by atoms with Crippen LogP contribution in [0.1, 0.15) is 32.6 Å². The molecule has 25 heavy (non-hydrogen) atoms. The predicted octanol–water partition coefficient (Wildman–Crippen LogP) is 0.192. The molecule has 0 aliphatic carbocycles. The zero-order chi connectivity index (χ0) is 18.3. The van der Waals surface area contributed by atoms with E-state index in [2.05, 4.69) is 22.2 Å². The van der Waals surface area contributed by atoms with Crippen molar-refractivity contribution in [3.63, 3.8) is 0 Å². The zero-order valence-corrected chi connectivity index (χ0v) is 16.6. The molecule has 0 saturated carbocycles. The van der Waals surface area contributed by atoms with Crippen LogP contribution in [0.25, 0.3) is 0 Å². The Hall–Kier alpha value is -0.700. The van der Waals surface area contributed by atoms with Crippen LogP contribution >= 0.6 is 0 Å². The molecule has 0 aromatic carbocycles. The molecule has 2 aliphatic heterocycles. The van der Waals surface area contributed by atoms with Crippen LogP contribution < -0.4 is 5.32 Å². The van der Waals surface area contributed by atoms with Crippen LogP contribution in [0.4, 0.5) is 0 Å². The van der Waals surface area contributed by atoms with E-state index in [1.54, 1.807) is 0 Å². The molecule has 1 unspecified atom stereocenters. The fourth-order valence-corrected chi connectivity index (χ4v) is 5.11. The molecular formula is C17H34N4O3S. The van der Waals surface area contributed by atoms with E-state index in [-0.39, 0.29) is 17.6 Å². The predicted molar refractivity (Wildman–Crippen MR) is 99.9 cm³/mol. The van der Waals surface area contributed by atoms with Gasteiger partial charge in [0.05, 0.1) is 11.7 Å². The van der Waals surface area contributed by atoms with Gasteiger partial charge in [-0.1, -0.05) is 6.92 Å². The van der Waals surface area contributed by atoms with Crippen LogP contribution in [0.5, 0.6) is 0 Å². The van der Waals surface area contributed by atoms with Crippen molar-refractivity contribution in [3.8, 4) is 0 Å². The van der Waals surface area contributed by atoms with Crippen molar-refractivity contribution in [1.29, 1.82) is 0 Å². The Kier molecular flexibility index (Phi) is 8.12. The van der Waals surface area contributed by atoms with E-state index in [0.717, 1.165) is 52.0 Å². The normalized spacial score (nSPS) is 24.3. The third kappa shape index (κ3) is 6.51. The molecular weight excluding hydrogens is 340 g/mol. The maximum Gasteiger partial charge on any atom is 0.224 e. The van der Waals surface area contributed by atoms with E-state index in [9.17, 15) is 13.2 Å². The number of carbonyl (C=O) groups is 1. The molecule has 7 nitrogen and oxygen atoms in total. The van der Waals surface area contributed by atoms with E-state index < -0.39 is 10.0 Å². The molecule has 146 valence electrons. The Balaban J connectivity index is 1.68. The lowest BCUT2D eigenvalue weighted by Gasteiger charge is -2.32. The lowest BCUT2D eigenvalue weighted by molar-refractivity contribution is -0.126. The van der Waals surface area contributed by atoms with Gasteiger partial charge in [0, 0.05) is 45.8 Å². The van der Waals surface area contributed by atoms with Crippen molar-refractivity contribution in [2.45, 2.75) is 32.6 Å². The highest BCUT2D eigenvalue weighted by Crippen LogP contribution is 2.20. The number of likely N-dealkylation sites (N-methyl/N-ethyl adjacent to an activating group) is 1. The summed E-state index contributed by atoms with van der Waals surface area (Å²) in [5.74, 6) is -0.0226. The number of hydrogen-bond donors (Lipinski definition) is 1. The van der Waals surface area contributed by atoms with Gasteiger partial charge in [-0.15, -0.1) is 0 Å². The number of sulfonamides is 1. The first-order valence-corrected chi connectivity index (χ1v) is 11.2. The van der Waals surface area contributed by atoms with Crippen LogP contribution in [0, 0.1) is 5.92 Å². The molecule has 2 heterocycles. The molecule has 1 N–H and O–H groups in total. The first-order chi connectivity index (χ1) is 11.9. The quantitative estimate of drug-likeness (QED) is 0.614. The molecule has 0 radical (unpaired) electrons. The Labute approximate surface area is 152 Å².